The minimum absolute atomic E-state index is 0.203. The molecule has 4 nitrogen and oxygen atoms in total. The molecule has 1 aliphatic rings. The molecule has 0 unspecified atom stereocenters. The third-order valence-corrected chi connectivity index (χ3v) is 6.76. The Hall–Kier alpha value is -2.14. The molecule has 0 bridgehead atoms. The van der Waals surface area contributed by atoms with Crippen molar-refractivity contribution in [3.63, 3.8) is 0 Å². The fourth-order valence-corrected chi connectivity index (χ4v) is 4.79. The van der Waals surface area contributed by atoms with Gasteiger partial charge >= 0.3 is 5.97 Å². The van der Waals surface area contributed by atoms with Crippen LogP contribution in [-0.4, -0.2) is 25.2 Å². The smallest absolute Gasteiger partial charge is 0.313 e. The van der Waals surface area contributed by atoms with Crippen molar-refractivity contribution in [1.29, 1.82) is 0 Å². The minimum Gasteiger partial charge on any atom is -0.481 e. The number of aliphatic carboxylic acids is 1. The Bertz CT molecular complexity index is 892. The summed E-state index contributed by atoms with van der Waals surface area (Å²) in [6.07, 6.45) is 1.97. The lowest BCUT2D eigenvalue weighted by Gasteiger charge is -2.20. The molecule has 0 aromatic heterocycles. The number of hydrogen-bond acceptors (Lipinski definition) is 3. The second kappa shape index (κ2) is 6.30. The lowest BCUT2D eigenvalue weighted by molar-refractivity contribution is -0.142. The molecule has 0 atom stereocenters. The van der Waals surface area contributed by atoms with E-state index in [9.17, 15) is 18.3 Å². The standard InChI is InChI=1S/C20H22O4S/c1-20(2,19(21)22)16-11-9-15(10-12-16)17-5-3-4-6-18(17)25(23,24)13-14-7-8-14/h3-6,9-12,14H,7-8,13H2,1-2H3,(H,21,22). The molecule has 1 N–H and O–H groups in total. The Morgan fingerprint density at radius 1 is 1.08 bits per heavy atom. The van der Waals surface area contributed by atoms with Crippen LogP contribution < -0.4 is 0 Å². The zero-order valence-electron chi connectivity index (χ0n) is 14.4. The van der Waals surface area contributed by atoms with Crippen LogP contribution in [-0.2, 0) is 20.0 Å². The maximum absolute atomic E-state index is 12.7. The van der Waals surface area contributed by atoms with Crippen LogP contribution in [0.25, 0.3) is 11.1 Å². The van der Waals surface area contributed by atoms with Gasteiger partial charge in [-0.05, 0) is 49.8 Å². The van der Waals surface area contributed by atoms with E-state index in [0.717, 1.165) is 18.4 Å². The molecule has 0 spiro atoms. The normalized spacial score (nSPS) is 15.1. The van der Waals surface area contributed by atoms with Gasteiger partial charge in [-0.15, -0.1) is 0 Å². The van der Waals surface area contributed by atoms with E-state index in [1.54, 1.807) is 56.3 Å². The first-order valence-electron chi connectivity index (χ1n) is 8.38. The van der Waals surface area contributed by atoms with Crippen molar-refractivity contribution in [2.75, 3.05) is 5.75 Å². The maximum Gasteiger partial charge on any atom is 0.313 e. The summed E-state index contributed by atoms with van der Waals surface area (Å²) in [5, 5.41) is 9.34. The van der Waals surface area contributed by atoms with E-state index in [1.807, 2.05) is 6.07 Å². The first kappa shape index (κ1) is 17.7. The SMILES string of the molecule is CC(C)(C(=O)O)c1ccc(-c2ccccc2S(=O)(=O)CC2CC2)cc1. The molecule has 0 saturated heterocycles. The van der Waals surface area contributed by atoms with Gasteiger partial charge in [-0.3, -0.25) is 4.79 Å². The minimum atomic E-state index is -3.32. The van der Waals surface area contributed by atoms with Gasteiger partial charge < -0.3 is 5.11 Å². The molecule has 1 aliphatic carbocycles. The lowest BCUT2D eigenvalue weighted by atomic mass is 9.84. The molecule has 0 aliphatic heterocycles. The molecular formula is C20H22O4S. The zero-order chi connectivity index (χ0) is 18.2. The zero-order valence-corrected chi connectivity index (χ0v) is 15.2. The molecule has 25 heavy (non-hydrogen) atoms. The molecule has 1 saturated carbocycles. The van der Waals surface area contributed by atoms with Crippen LogP contribution in [0.15, 0.2) is 53.4 Å². The van der Waals surface area contributed by atoms with Gasteiger partial charge in [0.1, 0.15) is 0 Å². The summed E-state index contributed by atoms with van der Waals surface area (Å²) in [5.41, 5.74) is 1.14. The van der Waals surface area contributed by atoms with Crippen LogP contribution in [0.4, 0.5) is 0 Å². The van der Waals surface area contributed by atoms with Crippen LogP contribution in [0, 0.1) is 5.92 Å². The predicted octanol–water partition coefficient (Wildman–Crippen LogP) is 3.90. The predicted molar refractivity (Wildman–Crippen MR) is 97.3 cm³/mol. The second-order valence-electron chi connectivity index (χ2n) is 7.23. The van der Waals surface area contributed by atoms with Crippen molar-refractivity contribution >= 4 is 15.8 Å². The van der Waals surface area contributed by atoms with E-state index in [0.29, 0.717) is 16.0 Å². The van der Waals surface area contributed by atoms with Crippen molar-refractivity contribution in [1.82, 2.24) is 0 Å². The van der Waals surface area contributed by atoms with E-state index in [2.05, 4.69) is 0 Å². The van der Waals surface area contributed by atoms with Crippen LogP contribution in [0.3, 0.4) is 0 Å². The van der Waals surface area contributed by atoms with E-state index in [4.69, 9.17) is 0 Å². The Kier molecular flexibility index (Phi) is 4.45. The number of hydrogen-bond donors (Lipinski definition) is 1. The highest BCUT2D eigenvalue weighted by Crippen LogP contribution is 2.35. The molecule has 5 heteroatoms. The molecule has 0 heterocycles. The molecule has 2 aromatic rings. The van der Waals surface area contributed by atoms with Crippen molar-refractivity contribution in [2.24, 2.45) is 5.92 Å². The van der Waals surface area contributed by atoms with Gasteiger partial charge in [0.15, 0.2) is 9.84 Å². The Morgan fingerprint density at radius 3 is 2.24 bits per heavy atom. The summed E-state index contributed by atoms with van der Waals surface area (Å²) in [7, 11) is -3.32. The summed E-state index contributed by atoms with van der Waals surface area (Å²) in [6, 6.07) is 14.1. The van der Waals surface area contributed by atoms with Crippen molar-refractivity contribution < 1.29 is 18.3 Å². The van der Waals surface area contributed by atoms with Gasteiger partial charge in [0.2, 0.25) is 0 Å². The highest BCUT2D eigenvalue weighted by Gasteiger charge is 2.31. The Balaban J connectivity index is 1.99. The van der Waals surface area contributed by atoms with Crippen molar-refractivity contribution in [3.8, 4) is 11.1 Å². The molecule has 1 fully saturated rings. The Morgan fingerprint density at radius 2 is 1.68 bits per heavy atom. The summed E-state index contributed by atoms with van der Waals surface area (Å²) >= 11 is 0. The number of carboxylic acids is 1. The summed E-state index contributed by atoms with van der Waals surface area (Å²) in [4.78, 5) is 11.7. The number of rotatable bonds is 6. The Labute approximate surface area is 148 Å². The maximum atomic E-state index is 12.7. The van der Waals surface area contributed by atoms with Gasteiger partial charge in [0.25, 0.3) is 0 Å². The third kappa shape index (κ3) is 3.61. The van der Waals surface area contributed by atoms with E-state index >= 15 is 0 Å². The lowest BCUT2D eigenvalue weighted by Crippen LogP contribution is -2.28. The van der Waals surface area contributed by atoms with Gasteiger partial charge in [0.05, 0.1) is 16.1 Å². The topological polar surface area (TPSA) is 71.4 Å². The number of sulfone groups is 1. The van der Waals surface area contributed by atoms with Gasteiger partial charge in [-0.1, -0.05) is 42.5 Å². The highest BCUT2D eigenvalue weighted by molar-refractivity contribution is 7.91. The highest BCUT2D eigenvalue weighted by atomic mass is 32.2. The second-order valence-corrected chi connectivity index (χ2v) is 9.23. The molecular weight excluding hydrogens is 336 g/mol. The summed E-state index contributed by atoms with van der Waals surface area (Å²) in [6.45, 7) is 3.30. The first-order chi connectivity index (χ1) is 11.7. The fraction of sp³-hybridized carbons (Fsp3) is 0.350. The monoisotopic (exact) mass is 358 g/mol. The number of carboxylic acid groups (broad SMARTS) is 1. The van der Waals surface area contributed by atoms with Crippen LogP contribution in [0.1, 0.15) is 32.3 Å². The van der Waals surface area contributed by atoms with Crippen molar-refractivity contribution in [3.05, 3.63) is 54.1 Å². The van der Waals surface area contributed by atoms with Gasteiger partial charge in [-0.25, -0.2) is 8.42 Å². The largest absolute Gasteiger partial charge is 0.481 e. The van der Waals surface area contributed by atoms with Gasteiger partial charge in [-0.2, -0.15) is 0 Å². The number of carbonyl (C=O) groups is 1. The molecule has 0 radical (unpaired) electrons. The summed E-state index contributed by atoms with van der Waals surface area (Å²) in [5.74, 6) is -0.404. The van der Waals surface area contributed by atoms with E-state index in [1.165, 1.54) is 0 Å². The number of benzene rings is 2. The molecule has 3 rings (SSSR count). The van der Waals surface area contributed by atoms with Crippen molar-refractivity contribution in [2.45, 2.75) is 37.0 Å². The quantitative estimate of drug-likeness (QED) is 0.850. The molecule has 132 valence electrons. The molecule has 2 aromatic carbocycles. The van der Waals surface area contributed by atoms with Crippen LogP contribution in [0.5, 0.6) is 0 Å². The average Bonchev–Trinajstić information content (AvgIpc) is 3.38. The average molecular weight is 358 g/mol. The fourth-order valence-electron chi connectivity index (χ4n) is 2.85. The molecule has 0 amide bonds. The summed E-state index contributed by atoms with van der Waals surface area (Å²) < 4.78 is 25.4. The van der Waals surface area contributed by atoms with E-state index in [-0.39, 0.29) is 11.7 Å². The van der Waals surface area contributed by atoms with Gasteiger partial charge in [0, 0.05) is 5.56 Å². The van der Waals surface area contributed by atoms with Crippen LogP contribution >= 0.6 is 0 Å². The first-order valence-corrected chi connectivity index (χ1v) is 10.0. The van der Waals surface area contributed by atoms with E-state index < -0.39 is 21.2 Å². The van der Waals surface area contributed by atoms with Crippen LogP contribution in [0.2, 0.25) is 0 Å². The third-order valence-electron chi connectivity index (χ3n) is 4.83.